The van der Waals surface area contributed by atoms with Crippen molar-refractivity contribution in [3.05, 3.63) is 63.6 Å². The highest BCUT2D eigenvalue weighted by molar-refractivity contribution is 9.10. The molecular weight excluding hydrogens is 449 g/mol. The molecule has 3 rings (SSSR count). The van der Waals surface area contributed by atoms with E-state index >= 15 is 0 Å². The van der Waals surface area contributed by atoms with Crippen LogP contribution in [0.4, 0.5) is 18.9 Å². The van der Waals surface area contributed by atoms with Gasteiger partial charge in [0, 0.05) is 34.7 Å². The van der Waals surface area contributed by atoms with Crippen molar-refractivity contribution in [2.45, 2.75) is 25.9 Å². The third kappa shape index (κ3) is 5.18. The van der Waals surface area contributed by atoms with Crippen molar-refractivity contribution >= 4 is 33.4 Å². The van der Waals surface area contributed by atoms with Gasteiger partial charge in [-0.15, -0.1) is 0 Å². The largest absolute Gasteiger partial charge is 0.416 e. The molecule has 1 saturated heterocycles. The van der Waals surface area contributed by atoms with Crippen molar-refractivity contribution in [1.29, 1.82) is 0 Å². The molecule has 1 fully saturated rings. The summed E-state index contributed by atoms with van der Waals surface area (Å²) in [7, 11) is 0. The number of aryl methyl sites for hydroxylation is 1. The lowest BCUT2D eigenvalue weighted by Gasteiger charge is -2.31. The van der Waals surface area contributed by atoms with Gasteiger partial charge in [-0.2, -0.15) is 13.2 Å². The third-order valence-electron chi connectivity index (χ3n) is 5.05. The molecule has 0 spiro atoms. The van der Waals surface area contributed by atoms with E-state index in [0.717, 1.165) is 22.2 Å². The lowest BCUT2D eigenvalue weighted by atomic mass is 9.95. The van der Waals surface area contributed by atoms with Crippen LogP contribution in [0.15, 0.2) is 46.9 Å². The van der Waals surface area contributed by atoms with Gasteiger partial charge in [0.05, 0.1) is 5.56 Å². The monoisotopic (exact) mass is 468 g/mol. The van der Waals surface area contributed by atoms with Crippen LogP contribution >= 0.6 is 15.9 Å². The lowest BCUT2D eigenvalue weighted by molar-refractivity contribution is -0.137. The second kappa shape index (κ2) is 8.57. The summed E-state index contributed by atoms with van der Waals surface area (Å²) in [5, 5.41) is 2.90. The van der Waals surface area contributed by atoms with Crippen LogP contribution in [-0.2, 0) is 11.0 Å². The van der Waals surface area contributed by atoms with Gasteiger partial charge in [-0.1, -0.05) is 22.0 Å². The minimum absolute atomic E-state index is 0.0950. The number of hydrogen-bond donors (Lipinski definition) is 1. The maximum Gasteiger partial charge on any atom is 0.416 e. The molecule has 1 aliphatic rings. The van der Waals surface area contributed by atoms with E-state index in [1.165, 1.54) is 12.1 Å². The zero-order valence-corrected chi connectivity index (χ0v) is 17.3. The van der Waals surface area contributed by atoms with Crippen LogP contribution in [0.25, 0.3) is 0 Å². The van der Waals surface area contributed by atoms with Crippen LogP contribution in [0, 0.1) is 12.8 Å². The number of anilines is 1. The number of hydrogen-bond acceptors (Lipinski definition) is 2. The normalized spacial score (nSPS) is 15.3. The van der Waals surface area contributed by atoms with Crippen LogP contribution < -0.4 is 5.32 Å². The fourth-order valence-electron chi connectivity index (χ4n) is 3.24. The Morgan fingerprint density at radius 1 is 1.07 bits per heavy atom. The molecule has 2 amide bonds. The molecule has 0 radical (unpaired) electrons. The summed E-state index contributed by atoms with van der Waals surface area (Å²) in [6.07, 6.45) is -3.42. The van der Waals surface area contributed by atoms with Gasteiger partial charge in [0.1, 0.15) is 0 Å². The maximum absolute atomic E-state index is 12.7. The SMILES string of the molecule is Cc1ccc(NC(=O)C2CCN(C(=O)c3ccc(C(F)(F)F)cc3)CC2)cc1Br. The molecule has 4 nitrogen and oxygen atoms in total. The van der Waals surface area contributed by atoms with Gasteiger partial charge in [-0.25, -0.2) is 0 Å². The van der Waals surface area contributed by atoms with E-state index < -0.39 is 11.7 Å². The molecule has 0 saturated carbocycles. The number of rotatable bonds is 3. The first-order valence-electron chi connectivity index (χ1n) is 9.18. The molecule has 0 unspecified atom stereocenters. The van der Waals surface area contributed by atoms with E-state index in [0.29, 0.717) is 31.6 Å². The predicted molar refractivity (Wildman–Crippen MR) is 108 cm³/mol. The molecule has 8 heteroatoms. The average Bonchev–Trinajstić information content (AvgIpc) is 2.70. The number of carbonyl (C=O) groups is 2. The number of benzene rings is 2. The van der Waals surface area contributed by atoms with Crippen LogP contribution in [0.5, 0.6) is 0 Å². The summed E-state index contributed by atoms with van der Waals surface area (Å²) in [5.41, 5.74) is 1.20. The van der Waals surface area contributed by atoms with E-state index in [-0.39, 0.29) is 23.3 Å². The molecule has 2 aromatic rings. The Hall–Kier alpha value is -2.35. The fraction of sp³-hybridized carbons (Fsp3) is 0.333. The highest BCUT2D eigenvalue weighted by Crippen LogP contribution is 2.29. The van der Waals surface area contributed by atoms with Gasteiger partial charge in [0.25, 0.3) is 5.91 Å². The molecule has 0 atom stereocenters. The van der Waals surface area contributed by atoms with Gasteiger partial charge in [-0.05, 0) is 61.7 Å². The number of carbonyl (C=O) groups excluding carboxylic acids is 2. The van der Waals surface area contributed by atoms with Crippen molar-refractivity contribution in [2.75, 3.05) is 18.4 Å². The first kappa shape index (κ1) is 21.4. The second-order valence-electron chi connectivity index (χ2n) is 7.09. The molecule has 0 aromatic heterocycles. The minimum atomic E-state index is -4.43. The highest BCUT2D eigenvalue weighted by atomic mass is 79.9. The second-order valence-corrected chi connectivity index (χ2v) is 7.95. The maximum atomic E-state index is 12.7. The van der Waals surface area contributed by atoms with E-state index in [9.17, 15) is 22.8 Å². The number of nitrogens with one attached hydrogen (secondary N) is 1. The topological polar surface area (TPSA) is 49.4 Å². The van der Waals surface area contributed by atoms with E-state index in [1.54, 1.807) is 4.90 Å². The lowest BCUT2D eigenvalue weighted by Crippen LogP contribution is -2.41. The van der Waals surface area contributed by atoms with Crippen LogP contribution in [0.2, 0.25) is 0 Å². The molecule has 0 aliphatic carbocycles. The number of amides is 2. The number of likely N-dealkylation sites (tertiary alicyclic amines) is 1. The summed E-state index contributed by atoms with van der Waals surface area (Å²) >= 11 is 3.44. The molecule has 29 heavy (non-hydrogen) atoms. The third-order valence-corrected chi connectivity index (χ3v) is 5.91. The van der Waals surface area contributed by atoms with Gasteiger partial charge < -0.3 is 10.2 Å². The highest BCUT2D eigenvalue weighted by Gasteiger charge is 2.31. The number of halogens is 4. The fourth-order valence-corrected chi connectivity index (χ4v) is 3.62. The molecule has 1 heterocycles. The van der Waals surface area contributed by atoms with Gasteiger partial charge in [0.15, 0.2) is 0 Å². The van der Waals surface area contributed by atoms with Crippen molar-refractivity contribution in [2.24, 2.45) is 5.92 Å². The minimum Gasteiger partial charge on any atom is -0.339 e. The van der Waals surface area contributed by atoms with Crippen molar-refractivity contribution in [1.82, 2.24) is 4.90 Å². The first-order valence-corrected chi connectivity index (χ1v) is 9.98. The molecular formula is C21H20BrF3N2O2. The Labute approximate surface area is 175 Å². The van der Waals surface area contributed by atoms with Crippen molar-refractivity contribution in [3.63, 3.8) is 0 Å². The van der Waals surface area contributed by atoms with Gasteiger partial charge in [0.2, 0.25) is 5.91 Å². The van der Waals surface area contributed by atoms with Crippen LogP contribution in [0.1, 0.15) is 34.3 Å². The average molecular weight is 469 g/mol. The smallest absolute Gasteiger partial charge is 0.339 e. The molecule has 2 aromatic carbocycles. The zero-order valence-electron chi connectivity index (χ0n) is 15.7. The Morgan fingerprint density at radius 3 is 2.24 bits per heavy atom. The Kier molecular flexibility index (Phi) is 6.31. The summed E-state index contributed by atoms with van der Waals surface area (Å²) < 4.78 is 38.9. The zero-order chi connectivity index (χ0) is 21.2. The predicted octanol–water partition coefficient (Wildman–Crippen LogP) is 5.27. The number of nitrogens with zero attached hydrogens (tertiary/aromatic N) is 1. The number of alkyl halides is 3. The quantitative estimate of drug-likeness (QED) is 0.667. The molecule has 1 aliphatic heterocycles. The molecule has 154 valence electrons. The Balaban J connectivity index is 1.56. The molecule has 0 bridgehead atoms. The van der Waals surface area contributed by atoms with E-state index in [4.69, 9.17) is 0 Å². The summed E-state index contributed by atoms with van der Waals surface area (Å²) in [6.45, 7) is 2.73. The van der Waals surface area contributed by atoms with E-state index in [2.05, 4.69) is 21.2 Å². The van der Waals surface area contributed by atoms with Crippen LogP contribution in [0.3, 0.4) is 0 Å². The van der Waals surface area contributed by atoms with Gasteiger partial charge >= 0.3 is 6.18 Å². The van der Waals surface area contributed by atoms with Crippen LogP contribution in [-0.4, -0.2) is 29.8 Å². The Morgan fingerprint density at radius 2 is 1.69 bits per heavy atom. The summed E-state index contributed by atoms with van der Waals surface area (Å²) in [6, 6.07) is 9.79. The van der Waals surface area contributed by atoms with Crippen molar-refractivity contribution < 1.29 is 22.8 Å². The number of piperidine rings is 1. The Bertz CT molecular complexity index is 905. The first-order chi connectivity index (χ1) is 13.6. The summed E-state index contributed by atoms with van der Waals surface area (Å²) in [4.78, 5) is 26.6. The molecule has 1 N–H and O–H groups in total. The summed E-state index contributed by atoms with van der Waals surface area (Å²) in [5.74, 6) is -0.630. The standard InChI is InChI=1S/C21H20BrF3N2O2/c1-13-2-7-17(12-18(13)22)26-19(28)14-8-10-27(11-9-14)20(29)15-3-5-16(6-4-15)21(23,24)25/h2-7,12,14H,8-11H2,1H3,(H,26,28). The van der Waals surface area contributed by atoms with Gasteiger partial charge in [-0.3, -0.25) is 9.59 Å². The van der Waals surface area contributed by atoms with E-state index in [1.807, 2.05) is 25.1 Å². The van der Waals surface area contributed by atoms with Crippen molar-refractivity contribution in [3.8, 4) is 0 Å².